The number of anilines is 1. The first-order valence-corrected chi connectivity index (χ1v) is 6.31. The third-order valence-corrected chi connectivity index (χ3v) is 3.45. The van der Waals surface area contributed by atoms with Gasteiger partial charge in [0.1, 0.15) is 5.82 Å². The molecule has 5 heteroatoms. The summed E-state index contributed by atoms with van der Waals surface area (Å²) in [7, 11) is 0. The molecular weight excluding hydrogens is 292 g/mol. The molecule has 0 unspecified atom stereocenters. The summed E-state index contributed by atoms with van der Waals surface area (Å²) in [5.41, 5.74) is 10.1. The first kappa shape index (κ1) is 11.2. The van der Waals surface area contributed by atoms with E-state index < -0.39 is 0 Å². The predicted octanol–water partition coefficient (Wildman–Crippen LogP) is 3.28. The van der Waals surface area contributed by atoms with E-state index in [1.54, 1.807) is 0 Å². The van der Waals surface area contributed by atoms with E-state index >= 15 is 0 Å². The molecule has 0 atom stereocenters. The molecule has 2 aromatic heterocycles. The first-order chi connectivity index (χ1) is 8.63. The molecule has 0 bridgehead atoms. The molecule has 4 nitrogen and oxygen atoms in total. The van der Waals surface area contributed by atoms with E-state index in [2.05, 4.69) is 30.9 Å². The van der Waals surface area contributed by atoms with Crippen molar-refractivity contribution in [1.82, 2.24) is 15.0 Å². The first-order valence-electron chi connectivity index (χ1n) is 5.52. The number of aromatic nitrogens is 3. The molecular formula is C13H11BrN4. The normalized spacial score (nSPS) is 11.0. The zero-order chi connectivity index (χ0) is 12.7. The highest BCUT2D eigenvalue weighted by molar-refractivity contribution is 9.10. The molecule has 0 aliphatic rings. The van der Waals surface area contributed by atoms with Crippen molar-refractivity contribution in [3.8, 4) is 11.4 Å². The largest absolute Gasteiger partial charge is 0.398 e. The molecule has 0 saturated carbocycles. The summed E-state index contributed by atoms with van der Waals surface area (Å²) in [5, 5.41) is 0. The van der Waals surface area contributed by atoms with E-state index in [-0.39, 0.29) is 0 Å². The number of nitrogens with one attached hydrogen (secondary N) is 1. The van der Waals surface area contributed by atoms with Crippen LogP contribution in [-0.2, 0) is 0 Å². The van der Waals surface area contributed by atoms with E-state index in [0.717, 1.165) is 32.7 Å². The van der Waals surface area contributed by atoms with Crippen LogP contribution in [-0.4, -0.2) is 15.0 Å². The fourth-order valence-electron chi connectivity index (χ4n) is 1.80. The van der Waals surface area contributed by atoms with Gasteiger partial charge in [-0.15, -0.1) is 0 Å². The number of hydrogen-bond acceptors (Lipinski definition) is 3. The molecule has 0 radical (unpaired) electrons. The maximum Gasteiger partial charge on any atom is 0.178 e. The lowest BCUT2D eigenvalue weighted by Gasteiger charge is -2.00. The van der Waals surface area contributed by atoms with Gasteiger partial charge < -0.3 is 10.7 Å². The van der Waals surface area contributed by atoms with Crippen molar-refractivity contribution in [3.05, 3.63) is 40.5 Å². The highest BCUT2D eigenvalue weighted by Gasteiger charge is 2.07. The molecule has 1 aromatic carbocycles. The third-order valence-electron chi connectivity index (χ3n) is 2.76. The van der Waals surface area contributed by atoms with Gasteiger partial charge in [-0.1, -0.05) is 0 Å². The minimum absolute atomic E-state index is 0.712. The van der Waals surface area contributed by atoms with Gasteiger partial charge in [0.15, 0.2) is 5.65 Å². The van der Waals surface area contributed by atoms with Crippen molar-refractivity contribution in [1.29, 1.82) is 0 Å². The van der Waals surface area contributed by atoms with Crippen LogP contribution in [0.4, 0.5) is 5.69 Å². The van der Waals surface area contributed by atoms with E-state index in [1.807, 2.05) is 37.3 Å². The summed E-state index contributed by atoms with van der Waals surface area (Å²) in [4.78, 5) is 12.1. The van der Waals surface area contributed by atoms with Crippen LogP contribution < -0.4 is 5.73 Å². The Morgan fingerprint density at radius 3 is 2.78 bits per heavy atom. The average Bonchev–Trinajstić information content (AvgIpc) is 2.75. The lowest BCUT2D eigenvalue weighted by molar-refractivity contribution is 1.22. The number of aryl methyl sites for hydroxylation is 1. The number of rotatable bonds is 1. The maximum absolute atomic E-state index is 5.77. The molecule has 3 aromatic rings. The number of fused-ring (bicyclic) bond motifs is 1. The summed E-state index contributed by atoms with van der Waals surface area (Å²) < 4.78 is 0.865. The molecule has 18 heavy (non-hydrogen) atoms. The molecule has 3 rings (SSSR count). The fraction of sp³-hybridized carbons (Fsp3) is 0.0769. The summed E-state index contributed by atoms with van der Waals surface area (Å²) in [5.74, 6) is 0.795. The molecule has 0 aliphatic carbocycles. The summed E-state index contributed by atoms with van der Waals surface area (Å²) >= 11 is 3.42. The van der Waals surface area contributed by atoms with Gasteiger partial charge in [-0.25, -0.2) is 9.97 Å². The van der Waals surface area contributed by atoms with Crippen LogP contribution >= 0.6 is 15.9 Å². The number of hydrogen-bond donors (Lipinski definition) is 2. The Hall–Kier alpha value is -1.88. The van der Waals surface area contributed by atoms with Crippen molar-refractivity contribution in [2.45, 2.75) is 6.92 Å². The maximum atomic E-state index is 5.77. The summed E-state index contributed by atoms with van der Waals surface area (Å²) in [6.45, 7) is 1.95. The highest BCUT2D eigenvalue weighted by atomic mass is 79.9. The van der Waals surface area contributed by atoms with E-state index in [1.165, 1.54) is 0 Å². The number of H-pyrrole nitrogens is 1. The Kier molecular flexibility index (Phi) is 2.56. The average molecular weight is 303 g/mol. The Balaban J connectivity index is 2.16. The van der Waals surface area contributed by atoms with Crippen LogP contribution in [0.5, 0.6) is 0 Å². The number of benzene rings is 1. The van der Waals surface area contributed by atoms with Gasteiger partial charge in [0.2, 0.25) is 0 Å². The van der Waals surface area contributed by atoms with Gasteiger partial charge in [-0.2, -0.15) is 0 Å². The number of pyridine rings is 1. The van der Waals surface area contributed by atoms with Crippen LogP contribution in [0.25, 0.3) is 22.6 Å². The number of nitrogens with two attached hydrogens (primary N) is 1. The number of nitrogen functional groups attached to an aromatic ring is 1. The quantitative estimate of drug-likeness (QED) is 0.678. The lowest BCUT2D eigenvalue weighted by Crippen LogP contribution is -1.87. The van der Waals surface area contributed by atoms with Crippen molar-refractivity contribution >= 4 is 32.8 Å². The molecule has 0 amide bonds. The highest BCUT2D eigenvalue weighted by Crippen LogP contribution is 2.26. The number of halogens is 1. The molecule has 0 spiro atoms. The second-order valence-electron chi connectivity index (χ2n) is 4.15. The van der Waals surface area contributed by atoms with Gasteiger partial charge in [-0.05, 0) is 53.2 Å². The van der Waals surface area contributed by atoms with E-state index in [9.17, 15) is 0 Å². The topological polar surface area (TPSA) is 67.6 Å². The van der Waals surface area contributed by atoms with Crippen molar-refractivity contribution in [2.24, 2.45) is 0 Å². The molecule has 0 fully saturated rings. The monoisotopic (exact) mass is 302 g/mol. The Labute approximate surface area is 112 Å². The molecule has 2 heterocycles. The van der Waals surface area contributed by atoms with Crippen LogP contribution in [0.15, 0.2) is 34.8 Å². The van der Waals surface area contributed by atoms with Crippen LogP contribution in [0.3, 0.4) is 0 Å². The minimum atomic E-state index is 0.712. The van der Waals surface area contributed by atoms with Crippen LogP contribution in [0, 0.1) is 6.92 Å². The molecule has 0 aliphatic heterocycles. The second kappa shape index (κ2) is 4.10. The zero-order valence-corrected chi connectivity index (χ0v) is 11.3. The Morgan fingerprint density at radius 2 is 2.00 bits per heavy atom. The van der Waals surface area contributed by atoms with Gasteiger partial charge in [0, 0.05) is 21.4 Å². The third kappa shape index (κ3) is 1.86. The molecule has 3 N–H and O–H groups in total. The second-order valence-corrected chi connectivity index (χ2v) is 5.00. The van der Waals surface area contributed by atoms with Crippen LogP contribution in [0.2, 0.25) is 0 Å². The van der Waals surface area contributed by atoms with Crippen molar-refractivity contribution < 1.29 is 0 Å². The number of aromatic amines is 1. The summed E-state index contributed by atoms with van der Waals surface area (Å²) in [6, 6.07) is 9.68. The number of nitrogens with zero attached hydrogens (tertiary/aromatic N) is 2. The number of imidazole rings is 1. The SMILES string of the molecule is Cc1ccc2[nH]c(-c3ccc(N)c(Br)c3)nc2n1. The smallest absolute Gasteiger partial charge is 0.178 e. The van der Waals surface area contributed by atoms with Crippen molar-refractivity contribution in [3.63, 3.8) is 0 Å². The summed E-state index contributed by atoms with van der Waals surface area (Å²) in [6.07, 6.45) is 0. The lowest BCUT2D eigenvalue weighted by atomic mass is 10.2. The van der Waals surface area contributed by atoms with Gasteiger partial charge in [0.25, 0.3) is 0 Å². The minimum Gasteiger partial charge on any atom is -0.398 e. The zero-order valence-electron chi connectivity index (χ0n) is 9.74. The molecule has 90 valence electrons. The molecule has 0 saturated heterocycles. The van der Waals surface area contributed by atoms with Crippen LogP contribution in [0.1, 0.15) is 5.69 Å². The van der Waals surface area contributed by atoms with Gasteiger partial charge >= 0.3 is 0 Å². The Bertz CT molecular complexity index is 733. The van der Waals surface area contributed by atoms with E-state index in [0.29, 0.717) is 5.69 Å². The van der Waals surface area contributed by atoms with E-state index in [4.69, 9.17) is 5.73 Å². The Morgan fingerprint density at radius 1 is 1.17 bits per heavy atom. The van der Waals surface area contributed by atoms with Crippen molar-refractivity contribution in [2.75, 3.05) is 5.73 Å². The van der Waals surface area contributed by atoms with Gasteiger partial charge in [0.05, 0.1) is 5.52 Å². The predicted molar refractivity (Wildman–Crippen MR) is 76.2 cm³/mol. The standard InChI is InChI=1S/C13H11BrN4/c1-7-2-5-11-13(16-7)18-12(17-11)8-3-4-10(15)9(14)6-8/h2-6H,15H2,1H3,(H,16,17,18). The fourth-order valence-corrected chi connectivity index (χ4v) is 2.18. The van der Waals surface area contributed by atoms with Gasteiger partial charge in [-0.3, -0.25) is 0 Å².